The van der Waals surface area contributed by atoms with E-state index in [1.165, 1.54) is 49.4 Å². The Morgan fingerprint density at radius 3 is 2.36 bits per heavy atom. The molecule has 0 spiro atoms. The van der Waals surface area contributed by atoms with Crippen molar-refractivity contribution in [3.05, 3.63) is 53.3 Å². The van der Waals surface area contributed by atoms with E-state index in [1.807, 2.05) is 0 Å². The van der Waals surface area contributed by atoms with Crippen molar-refractivity contribution in [2.75, 3.05) is 10.0 Å². The Hall–Kier alpha value is -1.82. The first kappa shape index (κ1) is 18.0. The van der Waals surface area contributed by atoms with Gasteiger partial charge in [-0.1, -0.05) is 25.3 Å². The number of benzene rings is 2. The number of rotatable bonds is 5. The quantitative estimate of drug-likeness (QED) is 0.587. The van der Waals surface area contributed by atoms with Crippen LogP contribution in [0.4, 0.5) is 30.2 Å². The van der Waals surface area contributed by atoms with E-state index >= 15 is 0 Å². The largest absolute Gasteiger partial charge is 0.349 e. The molecule has 0 aromatic heterocycles. The topological polar surface area (TPSA) is 24.1 Å². The van der Waals surface area contributed by atoms with Crippen molar-refractivity contribution in [1.29, 1.82) is 0 Å². The molecule has 2 nitrogen and oxygen atoms in total. The molecule has 0 heterocycles. The van der Waals surface area contributed by atoms with Gasteiger partial charge in [0.05, 0.1) is 11.4 Å². The summed E-state index contributed by atoms with van der Waals surface area (Å²) in [7, 11) is 0. The molecule has 6 heteroatoms. The van der Waals surface area contributed by atoms with Gasteiger partial charge >= 0.3 is 0 Å². The maximum atomic E-state index is 14.3. The SMILES string of the molecule is Cc1ccc(Nc2c(NSC3CCCCC3)ccc(F)c2F)c(F)c1. The van der Waals surface area contributed by atoms with E-state index in [0.29, 0.717) is 10.9 Å². The molecule has 3 rings (SSSR count). The first-order valence-electron chi connectivity index (χ1n) is 8.47. The van der Waals surface area contributed by atoms with E-state index in [0.717, 1.165) is 24.5 Å². The first-order valence-corrected chi connectivity index (χ1v) is 9.35. The number of hydrogen-bond donors (Lipinski definition) is 2. The van der Waals surface area contributed by atoms with Crippen LogP contribution in [0.5, 0.6) is 0 Å². The van der Waals surface area contributed by atoms with Gasteiger partial charge in [0.15, 0.2) is 11.6 Å². The van der Waals surface area contributed by atoms with Crippen LogP contribution < -0.4 is 10.0 Å². The van der Waals surface area contributed by atoms with Crippen LogP contribution in [0.25, 0.3) is 0 Å². The van der Waals surface area contributed by atoms with Gasteiger partial charge in [-0.05, 0) is 61.5 Å². The molecule has 1 fully saturated rings. The zero-order valence-electron chi connectivity index (χ0n) is 14.0. The smallest absolute Gasteiger partial charge is 0.184 e. The molecule has 134 valence electrons. The molecule has 0 aliphatic heterocycles. The monoisotopic (exact) mass is 366 g/mol. The lowest BCUT2D eigenvalue weighted by Gasteiger charge is -2.22. The number of anilines is 3. The van der Waals surface area contributed by atoms with Gasteiger partial charge in [-0.3, -0.25) is 0 Å². The zero-order valence-corrected chi connectivity index (χ0v) is 14.9. The van der Waals surface area contributed by atoms with Crippen LogP contribution >= 0.6 is 11.9 Å². The molecule has 2 N–H and O–H groups in total. The molecule has 0 unspecified atom stereocenters. The van der Waals surface area contributed by atoms with Crippen molar-refractivity contribution in [3.63, 3.8) is 0 Å². The minimum atomic E-state index is -1.02. The van der Waals surface area contributed by atoms with E-state index in [2.05, 4.69) is 10.0 Å². The Morgan fingerprint density at radius 2 is 1.64 bits per heavy atom. The molecule has 0 bridgehead atoms. The van der Waals surface area contributed by atoms with Crippen LogP contribution in [0.1, 0.15) is 37.7 Å². The second-order valence-corrected chi connectivity index (χ2v) is 7.48. The maximum Gasteiger partial charge on any atom is 0.184 e. The Kier molecular flexibility index (Phi) is 5.78. The summed E-state index contributed by atoms with van der Waals surface area (Å²) in [4.78, 5) is 0. The molecule has 1 saturated carbocycles. The summed E-state index contributed by atoms with van der Waals surface area (Å²) in [5.41, 5.74) is 1.20. The molecule has 0 atom stereocenters. The molecule has 0 radical (unpaired) electrons. The fourth-order valence-electron chi connectivity index (χ4n) is 2.94. The van der Waals surface area contributed by atoms with Crippen LogP contribution in [-0.4, -0.2) is 5.25 Å². The average molecular weight is 366 g/mol. The summed E-state index contributed by atoms with van der Waals surface area (Å²) < 4.78 is 45.2. The third-order valence-electron chi connectivity index (χ3n) is 4.37. The summed E-state index contributed by atoms with van der Waals surface area (Å²) in [6.07, 6.45) is 5.85. The van der Waals surface area contributed by atoms with Gasteiger partial charge in [-0.2, -0.15) is 0 Å². The van der Waals surface area contributed by atoms with Gasteiger partial charge in [0, 0.05) is 5.25 Å². The van der Waals surface area contributed by atoms with E-state index in [4.69, 9.17) is 0 Å². The number of aryl methyl sites for hydroxylation is 1. The van der Waals surface area contributed by atoms with Gasteiger partial charge in [0.2, 0.25) is 0 Å². The minimum absolute atomic E-state index is 0.0777. The molecule has 1 aliphatic rings. The lowest BCUT2D eigenvalue weighted by molar-refractivity contribution is 0.512. The Balaban J connectivity index is 1.82. The maximum absolute atomic E-state index is 14.3. The molecule has 0 saturated heterocycles. The molecular weight excluding hydrogens is 345 g/mol. The molecule has 2 aromatic carbocycles. The Bertz CT molecular complexity index is 746. The fourth-order valence-corrected chi connectivity index (χ4v) is 3.98. The third-order valence-corrected chi connectivity index (χ3v) is 5.51. The number of nitrogens with one attached hydrogen (secondary N) is 2. The highest BCUT2D eigenvalue weighted by Gasteiger charge is 2.18. The van der Waals surface area contributed by atoms with Gasteiger partial charge in [-0.25, -0.2) is 13.2 Å². The summed E-state index contributed by atoms with van der Waals surface area (Å²) >= 11 is 1.52. The lowest BCUT2D eigenvalue weighted by atomic mass is 10.0. The van der Waals surface area contributed by atoms with Crippen LogP contribution in [0.15, 0.2) is 30.3 Å². The number of hydrogen-bond acceptors (Lipinski definition) is 3. The van der Waals surface area contributed by atoms with Gasteiger partial charge in [0.1, 0.15) is 11.5 Å². The summed E-state index contributed by atoms with van der Waals surface area (Å²) in [6.45, 7) is 1.77. The lowest BCUT2D eigenvalue weighted by Crippen LogP contribution is -2.11. The predicted octanol–water partition coefficient (Wildman–Crippen LogP) is 6.55. The van der Waals surface area contributed by atoms with E-state index in [-0.39, 0.29) is 11.4 Å². The molecule has 1 aliphatic carbocycles. The van der Waals surface area contributed by atoms with Crippen molar-refractivity contribution in [3.8, 4) is 0 Å². The van der Waals surface area contributed by atoms with Crippen molar-refractivity contribution in [1.82, 2.24) is 0 Å². The van der Waals surface area contributed by atoms with Crippen LogP contribution in [0, 0.1) is 24.4 Å². The molecule has 2 aromatic rings. The highest BCUT2D eigenvalue weighted by Crippen LogP contribution is 2.35. The normalized spacial score (nSPS) is 15.2. The standard InChI is InChI=1S/C19H21F3N2S/c1-12-7-9-16(15(21)11-12)23-19-17(10-8-14(20)18(19)22)24-25-13-5-3-2-4-6-13/h7-11,13,23-24H,2-6H2,1H3. The molecular formula is C19H21F3N2S. The van der Waals surface area contributed by atoms with Crippen molar-refractivity contribution in [2.24, 2.45) is 0 Å². The second kappa shape index (κ2) is 8.04. The first-order chi connectivity index (χ1) is 12.0. The van der Waals surface area contributed by atoms with Crippen LogP contribution in [-0.2, 0) is 0 Å². The summed E-state index contributed by atoms with van der Waals surface area (Å²) in [5.74, 6) is -2.49. The van der Waals surface area contributed by atoms with Crippen molar-refractivity contribution < 1.29 is 13.2 Å². The summed E-state index contributed by atoms with van der Waals surface area (Å²) in [5, 5.41) is 3.15. The molecule has 25 heavy (non-hydrogen) atoms. The molecule has 0 amide bonds. The van der Waals surface area contributed by atoms with Gasteiger partial charge in [0.25, 0.3) is 0 Å². The number of halogens is 3. The van der Waals surface area contributed by atoms with Crippen molar-refractivity contribution >= 4 is 29.0 Å². The second-order valence-electron chi connectivity index (χ2n) is 6.37. The highest BCUT2D eigenvalue weighted by molar-refractivity contribution is 8.01. The van der Waals surface area contributed by atoms with E-state index in [9.17, 15) is 13.2 Å². The van der Waals surface area contributed by atoms with E-state index in [1.54, 1.807) is 13.0 Å². The minimum Gasteiger partial charge on any atom is -0.349 e. The Labute approximate surface area is 150 Å². The van der Waals surface area contributed by atoms with Crippen LogP contribution in [0.2, 0.25) is 0 Å². The third kappa shape index (κ3) is 4.42. The summed E-state index contributed by atoms with van der Waals surface area (Å²) in [6, 6.07) is 7.14. The van der Waals surface area contributed by atoms with Crippen LogP contribution in [0.3, 0.4) is 0 Å². The highest BCUT2D eigenvalue weighted by atomic mass is 32.2. The Morgan fingerprint density at radius 1 is 0.920 bits per heavy atom. The zero-order chi connectivity index (χ0) is 17.8. The van der Waals surface area contributed by atoms with E-state index < -0.39 is 17.5 Å². The van der Waals surface area contributed by atoms with Gasteiger partial charge in [-0.15, -0.1) is 0 Å². The predicted molar refractivity (Wildman–Crippen MR) is 98.9 cm³/mol. The van der Waals surface area contributed by atoms with Gasteiger partial charge < -0.3 is 10.0 Å². The fraction of sp³-hybridized carbons (Fsp3) is 0.368. The average Bonchev–Trinajstić information content (AvgIpc) is 2.61. The van der Waals surface area contributed by atoms with Crippen molar-refractivity contribution in [2.45, 2.75) is 44.3 Å².